The number of carbonyl (C=O) groups excluding carboxylic acids is 1. The van der Waals surface area contributed by atoms with E-state index in [9.17, 15) is 4.79 Å². The lowest BCUT2D eigenvalue weighted by Crippen LogP contribution is -2.44. The lowest BCUT2D eigenvalue weighted by Gasteiger charge is -2.36. The normalized spacial score (nSPS) is 20.5. The lowest BCUT2D eigenvalue weighted by molar-refractivity contribution is -0.116. The van der Waals surface area contributed by atoms with Gasteiger partial charge in [0.15, 0.2) is 5.78 Å². The third-order valence-electron chi connectivity index (χ3n) is 3.12. The molecule has 0 bridgehead atoms. The molecule has 16 heavy (non-hydrogen) atoms. The van der Waals surface area contributed by atoms with Crippen LogP contribution in [0.15, 0.2) is 43.0 Å². The number of anilines is 1. The monoisotopic (exact) mass is 215 g/mol. The molecule has 0 radical (unpaired) electrons. The van der Waals surface area contributed by atoms with Crippen molar-refractivity contribution in [2.24, 2.45) is 0 Å². The number of hydrogen-bond acceptors (Lipinski definition) is 2. The van der Waals surface area contributed by atoms with Crippen molar-refractivity contribution >= 4 is 11.5 Å². The summed E-state index contributed by atoms with van der Waals surface area (Å²) in [4.78, 5) is 14.0. The Morgan fingerprint density at radius 2 is 2.06 bits per heavy atom. The number of rotatable bonds is 3. The van der Waals surface area contributed by atoms with Gasteiger partial charge in [0.1, 0.15) is 0 Å². The highest BCUT2D eigenvalue weighted by atomic mass is 16.1. The zero-order valence-corrected chi connectivity index (χ0v) is 9.43. The fourth-order valence-electron chi connectivity index (χ4n) is 2.29. The largest absolute Gasteiger partial charge is 0.361 e. The van der Waals surface area contributed by atoms with E-state index in [1.807, 2.05) is 18.2 Å². The lowest BCUT2D eigenvalue weighted by atomic mass is 9.97. The van der Waals surface area contributed by atoms with E-state index in [1.165, 1.54) is 6.08 Å². The van der Waals surface area contributed by atoms with Crippen LogP contribution < -0.4 is 4.90 Å². The van der Waals surface area contributed by atoms with Gasteiger partial charge in [-0.05, 0) is 37.5 Å². The molecular weight excluding hydrogens is 198 g/mol. The molecule has 1 atom stereocenters. The van der Waals surface area contributed by atoms with Crippen molar-refractivity contribution in [3.8, 4) is 0 Å². The summed E-state index contributed by atoms with van der Waals surface area (Å²) in [6, 6.07) is 10.1. The fourth-order valence-corrected chi connectivity index (χ4v) is 2.29. The number of nitrogens with zero attached hydrogens (tertiary/aromatic N) is 1. The summed E-state index contributed by atoms with van der Waals surface area (Å²) in [5.74, 6) is 0.142. The minimum atomic E-state index is -0.00588. The van der Waals surface area contributed by atoms with Gasteiger partial charge >= 0.3 is 0 Å². The van der Waals surface area contributed by atoms with E-state index in [2.05, 4.69) is 23.6 Å². The topological polar surface area (TPSA) is 20.3 Å². The number of benzene rings is 1. The Morgan fingerprint density at radius 1 is 1.31 bits per heavy atom. The Labute approximate surface area is 96.6 Å². The van der Waals surface area contributed by atoms with E-state index >= 15 is 0 Å². The van der Waals surface area contributed by atoms with E-state index in [4.69, 9.17) is 0 Å². The molecule has 0 aromatic heterocycles. The first-order valence-electron chi connectivity index (χ1n) is 5.81. The SMILES string of the molecule is C=CC(=O)C1CCCCN1c1ccccc1. The van der Waals surface area contributed by atoms with Crippen LogP contribution >= 0.6 is 0 Å². The van der Waals surface area contributed by atoms with Gasteiger partial charge in [-0.25, -0.2) is 0 Å². The van der Waals surface area contributed by atoms with E-state index in [-0.39, 0.29) is 11.8 Å². The molecule has 2 rings (SSSR count). The van der Waals surface area contributed by atoms with Crippen molar-refractivity contribution in [2.45, 2.75) is 25.3 Å². The van der Waals surface area contributed by atoms with Crippen LogP contribution in [0, 0.1) is 0 Å². The smallest absolute Gasteiger partial charge is 0.177 e. The van der Waals surface area contributed by atoms with E-state index in [1.54, 1.807) is 0 Å². The molecule has 1 fully saturated rings. The molecule has 1 aliphatic rings. The Bertz CT molecular complexity index is 372. The van der Waals surface area contributed by atoms with Crippen LogP contribution in [0.4, 0.5) is 5.69 Å². The Hall–Kier alpha value is -1.57. The highest BCUT2D eigenvalue weighted by molar-refractivity contribution is 5.96. The van der Waals surface area contributed by atoms with Gasteiger partial charge in [-0.15, -0.1) is 0 Å². The van der Waals surface area contributed by atoms with Crippen molar-refractivity contribution < 1.29 is 4.79 Å². The molecule has 1 saturated heterocycles. The molecule has 0 spiro atoms. The molecule has 1 aromatic rings. The maximum atomic E-state index is 11.8. The van der Waals surface area contributed by atoms with Gasteiger partial charge in [-0.2, -0.15) is 0 Å². The summed E-state index contributed by atoms with van der Waals surface area (Å²) >= 11 is 0. The maximum absolute atomic E-state index is 11.8. The summed E-state index contributed by atoms with van der Waals surface area (Å²) in [6.45, 7) is 4.55. The molecule has 0 amide bonds. The zero-order chi connectivity index (χ0) is 11.4. The average Bonchev–Trinajstić information content (AvgIpc) is 2.39. The number of para-hydroxylation sites is 1. The zero-order valence-electron chi connectivity index (χ0n) is 9.43. The number of carbonyl (C=O) groups is 1. The molecule has 2 nitrogen and oxygen atoms in total. The predicted octanol–water partition coefficient (Wildman–Crippen LogP) is 2.80. The van der Waals surface area contributed by atoms with Crippen LogP contribution in [0.2, 0.25) is 0 Å². The molecule has 1 unspecified atom stereocenters. The molecule has 2 heteroatoms. The van der Waals surface area contributed by atoms with Crippen LogP contribution in [-0.4, -0.2) is 18.4 Å². The van der Waals surface area contributed by atoms with Crippen LogP contribution in [-0.2, 0) is 4.79 Å². The van der Waals surface area contributed by atoms with Gasteiger partial charge in [0.2, 0.25) is 0 Å². The standard InChI is InChI=1S/C14H17NO/c1-2-14(16)13-10-6-7-11-15(13)12-8-4-3-5-9-12/h2-5,8-9,13H,1,6-7,10-11H2. The molecule has 0 N–H and O–H groups in total. The Morgan fingerprint density at radius 3 is 2.75 bits per heavy atom. The minimum absolute atomic E-state index is 0.00588. The van der Waals surface area contributed by atoms with Crippen molar-refractivity contribution in [3.05, 3.63) is 43.0 Å². The molecule has 0 saturated carbocycles. The van der Waals surface area contributed by atoms with Gasteiger partial charge < -0.3 is 4.90 Å². The summed E-state index contributed by atoms with van der Waals surface area (Å²) in [5.41, 5.74) is 1.14. The van der Waals surface area contributed by atoms with Crippen LogP contribution in [0.25, 0.3) is 0 Å². The van der Waals surface area contributed by atoms with Crippen LogP contribution in [0.3, 0.4) is 0 Å². The van der Waals surface area contributed by atoms with Crippen LogP contribution in [0.5, 0.6) is 0 Å². The van der Waals surface area contributed by atoms with Crippen molar-refractivity contribution in [2.75, 3.05) is 11.4 Å². The van der Waals surface area contributed by atoms with Gasteiger partial charge in [-0.1, -0.05) is 24.8 Å². The Balaban J connectivity index is 2.23. The van der Waals surface area contributed by atoms with Crippen molar-refractivity contribution in [3.63, 3.8) is 0 Å². The molecule has 84 valence electrons. The highest BCUT2D eigenvalue weighted by Crippen LogP contribution is 2.25. The molecule has 1 aliphatic heterocycles. The van der Waals surface area contributed by atoms with Crippen LogP contribution in [0.1, 0.15) is 19.3 Å². The maximum Gasteiger partial charge on any atom is 0.177 e. The summed E-state index contributed by atoms with van der Waals surface area (Å²) < 4.78 is 0. The first-order chi connectivity index (χ1) is 7.83. The number of ketones is 1. The quantitative estimate of drug-likeness (QED) is 0.723. The summed E-state index contributed by atoms with van der Waals surface area (Å²) in [5, 5.41) is 0. The molecule has 1 aromatic carbocycles. The van der Waals surface area contributed by atoms with Gasteiger partial charge in [0, 0.05) is 12.2 Å². The number of piperidine rings is 1. The van der Waals surface area contributed by atoms with Gasteiger partial charge in [-0.3, -0.25) is 4.79 Å². The first-order valence-corrected chi connectivity index (χ1v) is 5.81. The van der Waals surface area contributed by atoms with Crippen molar-refractivity contribution in [1.29, 1.82) is 0 Å². The molecule has 1 heterocycles. The minimum Gasteiger partial charge on any atom is -0.361 e. The summed E-state index contributed by atoms with van der Waals surface area (Å²) in [6.07, 6.45) is 4.69. The first kappa shape index (κ1) is 10.9. The second kappa shape index (κ2) is 4.97. The van der Waals surface area contributed by atoms with E-state index in [0.29, 0.717) is 0 Å². The van der Waals surface area contributed by atoms with E-state index in [0.717, 1.165) is 31.5 Å². The third kappa shape index (κ3) is 2.16. The van der Waals surface area contributed by atoms with Crippen molar-refractivity contribution in [1.82, 2.24) is 0 Å². The van der Waals surface area contributed by atoms with Gasteiger partial charge in [0.25, 0.3) is 0 Å². The second-order valence-corrected chi connectivity index (χ2v) is 4.15. The second-order valence-electron chi connectivity index (χ2n) is 4.15. The van der Waals surface area contributed by atoms with E-state index < -0.39 is 0 Å². The third-order valence-corrected chi connectivity index (χ3v) is 3.12. The molecular formula is C14H17NO. The number of hydrogen-bond donors (Lipinski definition) is 0. The fraction of sp³-hybridized carbons (Fsp3) is 0.357. The Kier molecular flexibility index (Phi) is 3.40. The van der Waals surface area contributed by atoms with Gasteiger partial charge in [0.05, 0.1) is 6.04 Å². The predicted molar refractivity (Wildman–Crippen MR) is 66.6 cm³/mol. The summed E-state index contributed by atoms with van der Waals surface area (Å²) in [7, 11) is 0. The average molecular weight is 215 g/mol. The highest BCUT2D eigenvalue weighted by Gasteiger charge is 2.26. The molecule has 0 aliphatic carbocycles.